The predicted octanol–water partition coefficient (Wildman–Crippen LogP) is 3.98. The van der Waals surface area contributed by atoms with E-state index in [0.29, 0.717) is 5.92 Å². The van der Waals surface area contributed by atoms with Gasteiger partial charge < -0.3 is 9.47 Å². The van der Waals surface area contributed by atoms with Crippen LogP contribution in [0, 0.1) is 11.8 Å². The fourth-order valence-electron chi connectivity index (χ4n) is 2.33. The van der Waals surface area contributed by atoms with Crippen LogP contribution in [-0.2, 0) is 4.79 Å². The van der Waals surface area contributed by atoms with Crippen molar-refractivity contribution in [1.29, 1.82) is 0 Å². The van der Waals surface area contributed by atoms with Crippen molar-refractivity contribution >= 4 is 22.5 Å². The average Bonchev–Trinajstić information content (AvgIpc) is 2.46. The number of carbonyl (C=O) groups is 1. The van der Waals surface area contributed by atoms with Crippen LogP contribution >= 0.6 is 11.8 Å². The second kappa shape index (κ2) is 6.35. The van der Waals surface area contributed by atoms with Crippen molar-refractivity contribution in [2.45, 2.75) is 20.3 Å². The van der Waals surface area contributed by atoms with Gasteiger partial charge in [-0.05, 0) is 35.5 Å². The highest BCUT2D eigenvalue weighted by Crippen LogP contribution is 2.41. The van der Waals surface area contributed by atoms with Crippen molar-refractivity contribution in [3.05, 3.63) is 29.2 Å². The van der Waals surface area contributed by atoms with Gasteiger partial charge in [0, 0.05) is 17.5 Å². The Morgan fingerprint density at radius 1 is 1.25 bits per heavy atom. The Morgan fingerprint density at radius 3 is 2.60 bits per heavy atom. The van der Waals surface area contributed by atoms with Crippen LogP contribution in [0.1, 0.15) is 25.8 Å². The zero-order valence-electron chi connectivity index (χ0n) is 12.3. The number of thioether (sulfide) groups is 1. The largest absolute Gasteiger partial charge is 0.497 e. The maximum absolute atomic E-state index is 11.9. The van der Waals surface area contributed by atoms with E-state index >= 15 is 0 Å². The minimum absolute atomic E-state index is 0.0757. The number of benzene rings is 1. The van der Waals surface area contributed by atoms with E-state index in [1.54, 1.807) is 14.2 Å². The van der Waals surface area contributed by atoms with E-state index in [0.717, 1.165) is 29.1 Å². The zero-order valence-corrected chi connectivity index (χ0v) is 13.1. The number of allylic oxidation sites excluding steroid dienone is 1. The minimum atomic E-state index is 0.0757. The van der Waals surface area contributed by atoms with Crippen LogP contribution in [0.25, 0.3) is 5.57 Å². The summed E-state index contributed by atoms with van der Waals surface area (Å²) in [7, 11) is 3.29. The third-order valence-electron chi connectivity index (χ3n) is 3.62. The lowest BCUT2D eigenvalue weighted by molar-refractivity contribution is -0.115. The lowest BCUT2D eigenvalue weighted by Gasteiger charge is -2.25. The van der Waals surface area contributed by atoms with Crippen molar-refractivity contribution in [2.24, 2.45) is 11.8 Å². The van der Waals surface area contributed by atoms with Gasteiger partial charge in [-0.2, -0.15) is 0 Å². The van der Waals surface area contributed by atoms with Gasteiger partial charge in [-0.15, -0.1) is 0 Å². The highest BCUT2D eigenvalue weighted by molar-refractivity contribution is 8.16. The Bertz CT molecular complexity index is 535. The number of methoxy groups -OCH3 is 2. The molecule has 4 heteroatoms. The van der Waals surface area contributed by atoms with Gasteiger partial charge in [-0.25, -0.2) is 0 Å². The zero-order chi connectivity index (χ0) is 14.7. The molecule has 0 radical (unpaired) electrons. The summed E-state index contributed by atoms with van der Waals surface area (Å²) in [6.45, 7) is 4.19. The van der Waals surface area contributed by atoms with Crippen LogP contribution < -0.4 is 9.47 Å². The lowest BCUT2D eigenvalue weighted by Crippen LogP contribution is -2.20. The molecule has 0 fully saturated rings. The summed E-state index contributed by atoms with van der Waals surface area (Å²) in [4.78, 5) is 11.9. The molecule has 0 saturated carbocycles. The smallest absolute Gasteiger partial charge is 0.196 e. The van der Waals surface area contributed by atoms with E-state index in [-0.39, 0.29) is 11.0 Å². The fourth-order valence-corrected chi connectivity index (χ4v) is 3.34. The van der Waals surface area contributed by atoms with Gasteiger partial charge in [0.25, 0.3) is 0 Å². The van der Waals surface area contributed by atoms with Crippen LogP contribution in [0.5, 0.6) is 11.5 Å². The maximum atomic E-state index is 11.9. The van der Waals surface area contributed by atoms with E-state index in [1.165, 1.54) is 11.8 Å². The van der Waals surface area contributed by atoms with Gasteiger partial charge >= 0.3 is 0 Å². The molecule has 3 nitrogen and oxygen atoms in total. The molecular formula is C16H20O3S. The molecule has 1 heterocycles. The van der Waals surface area contributed by atoms with E-state index in [9.17, 15) is 4.79 Å². The fraction of sp³-hybridized carbons (Fsp3) is 0.438. The Morgan fingerprint density at radius 2 is 2.00 bits per heavy atom. The van der Waals surface area contributed by atoms with Gasteiger partial charge in [0.15, 0.2) is 5.12 Å². The van der Waals surface area contributed by atoms with Crippen molar-refractivity contribution in [3.8, 4) is 11.5 Å². The van der Waals surface area contributed by atoms with E-state index in [1.807, 2.05) is 23.6 Å². The molecule has 1 aromatic rings. The number of hydrogen-bond acceptors (Lipinski definition) is 4. The molecular weight excluding hydrogens is 272 g/mol. The van der Waals surface area contributed by atoms with Crippen molar-refractivity contribution < 1.29 is 14.3 Å². The van der Waals surface area contributed by atoms with E-state index in [2.05, 4.69) is 13.8 Å². The third kappa shape index (κ3) is 3.01. The second-order valence-electron chi connectivity index (χ2n) is 5.20. The van der Waals surface area contributed by atoms with Crippen molar-refractivity contribution in [1.82, 2.24) is 0 Å². The maximum Gasteiger partial charge on any atom is 0.196 e. The summed E-state index contributed by atoms with van der Waals surface area (Å²) in [5.41, 5.74) is 2.20. The first kappa shape index (κ1) is 15.0. The quantitative estimate of drug-likeness (QED) is 0.841. The summed E-state index contributed by atoms with van der Waals surface area (Å²) in [6.07, 6.45) is 0.770. The highest BCUT2D eigenvalue weighted by atomic mass is 32.2. The van der Waals surface area contributed by atoms with Gasteiger partial charge in [0.1, 0.15) is 11.5 Å². The normalized spacial score (nSPS) is 18.9. The Hall–Kier alpha value is -1.42. The Kier molecular flexibility index (Phi) is 4.76. The lowest BCUT2D eigenvalue weighted by atomic mass is 9.87. The minimum Gasteiger partial charge on any atom is -0.497 e. The Labute approximate surface area is 124 Å². The Balaban J connectivity index is 2.34. The average molecular weight is 292 g/mol. The molecule has 20 heavy (non-hydrogen) atoms. The molecule has 2 rings (SSSR count). The van der Waals surface area contributed by atoms with Gasteiger partial charge in [0.05, 0.1) is 14.2 Å². The molecule has 108 valence electrons. The van der Waals surface area contributed by atoms with E-state index in [4.69, 9.17) is 9.47 Å². The second-order valence-corrected chi connectivity index (χ2v) is 6.07. The molecule has 1 aliphatic rings. The summed E-state index contributed by atoms with van der Waals surface area (Å²) < 4.78 is 10.7. The summed E-state index contributed by atoms with van der Waals surface area (Å²) in [6, 6.07) is 5.79. The number of ether oxygens (including phenoxy) is 2. The first-order valence-corrected chi connectivity index (χ1v) is 7.56. The number of rotatable bonds is 4. The topological polar surface area (TPSA) is 35.5 Å². The van der Waals surface area contributed by atoms with E-state index < -0.39 is 0 Å². The summed E-state index contributed by atoms with van der Waals surface area (Å²) in [5, 5.41) is 2.21. The standard InChI is InChI=1S/C16H20O3S/c1-10(2)14-7-11(9-20-16(14)17)13-6-5-12(18-3)8-15(13)19-4/h5-6,8-10,14H,7H2,1-4H3/t14-/m0/s1. The summed E-state index contributed by atoms with van der Waals surface area (Å²) in [5.74, 6) is 1.98. The van der Waals surface area contributed by atoms with Gasteiger partial charge in [0.2, 0.25) is 0 Å². The molecule has 0 N–H and O–H groups in total. The monoisotopic (exact) mass is 292 g/mol. The first-order valence-electron chi connectivity index (χ1n) is 6.68. The third-order valence-corrected chi connectivity index (χ3v) is 4.56. The molecule has 0 aromatic heterocycles. The molecule has 0 saturated heterocycles. The highest BCUT2D eigenvalue weighted by Gasteiger charge is 2.28. The van der Waals surface area contributed by atoms with Crippen LogP contribution in [-0.4, -0.2) is 19.3 Å². The SMILES string of the molecule is COc1ccc(C2=CSC(=O)[C@H](C(C)C)C2)c(OC)c1. The van der Waals surface area contributed by atoms with Crippen LogP contribution in [0.2, 0.25) is 0 Å². The van der Waals surface area contributed by atoms with Gasteiger partial charge in [-0.3, -0.25) is 4.79 Å². The van der Waals surface area contributed by atoms with Crippen LogP contribution in [0.4, 0.5) is 0 Å². The number of carbonyl (C=O) groups excluding carboxylic acids is 1. The molecule has 0 aliphatic carbocycles. The molecule has 1 aromatic carbocycles. The summed E-state index contributed by atoms with van der Waals surface area (Å²) >= 11 is 1.30. The molecule has 1 atom stereocenters. The van der Waals surface area contributed by atoms with Crippen LogP contribution in [0.15, 0.2) is 23.6 Å². The molecule has 0 amide bonds. The van der Waals surface area contributed by atoms with Gasteiger partial charge in [-0.1, -0.05) is 25.6 Å². The molecule has 0 unspecified atom stereocenters. The first-order chi connectivity index (χ1) is 9.56. The van der Waals surface area contributed by atoms with Crippen LogP contribution in [0.3, 0.4) is 0 Å². The number of hydrogen-bond donors (Lipinski definition) is 0. The van der Waals surface area contributed by atoms with Crippen molar-refractivity contribution in [3.63, 3.8) is 0 Å². The van der Waals surface area contributed by atoms with Crippen molar-refractivity contribution in [2.75, 3.05) is 14.2 Å². The molecule has 1 aliphatic heterocycles. The predicted molar refractivity (Wildman–Crippen MR) is 83.1 cm³/mol. The molecule has 0 spiro atoms. The molecule has 0 bridgehead atoms.